The Balaban J connectivity index is 2.78. The highest BCUT2D eigenvalue weighted by molar-refractivity contribution is 9.10. The lowest BCUT2D eigenvalue weighted by molar-refractivity contribution is 0.363. The molecule has 0 fully saturated rings. The molecule has 1 aromatic rings. The number of hydrogen-bond donors (Lipinski definition) is 1. The Morgan fingerprint density at radius 3 is 2.56 bits per heavy atom. The molecular weight excluding hydrogens is 268 g/mol. The normalized spacial score (nSPS) is 15.1. The quantitative estimate of drug-likeness (QED) is 0.876. The summed E-state index contributed by atoms with van der Waals surface area (Å²) in [6, 6.07) is 0.0194. The van der Waals surface area contributed by atoms with Crippen molar-refractivity contribution in [2.75, 3.05) is 0 Å². The molecule has 16 heavy (non-hydrogen) atoms. The fraction of sp³-hybridized carbons (Fsp3) is 0.818. The maximum Gasteiger partial charge on any atom is 0.153 e. The summed E-state index contributed by atoms with van der Waals surface area (Å²) in [5.41, 5.74) is 7.31. The molecule has 5 heteroatoms. The SMILES string of the molecule is CCCCC(CC)C(N)c1c(Br)nnn1C. The minimum Gasteiger partial charge on any atom is -0.322 e. The Bertz CT molecular complexity index is 304. The monoisotopic (exact) mass is 288 g/mol. The van der Waals surface area contributed by atoms with Crippen LogP contribution in [0.15, 0.2) is 4.60 Å². The van der Waals surface area contributed by atoms with E-state index >= 15 is 0 Å². The molecule has 2 unspecified atom stereocenters. The van der Waals surface area contributed by atoms with Crippen molar-refractivity contribution in [2.24, 2.45) is 18.7 Å². The Morgan fingerprint density at radius 1 is 1.44 bits per heavy atom. The van der Waals surface area contributed by atoms with Gasteiger partial charge in [0.1, 0.15) is 0 Å². The van der Waals surface area contributed by atoms with Crippen molar-refractivity contribution in [3.05, 3.63) is 10.3 Å². The van der Waals surface area contributed by atoms with E-state index in [1.165, 1.54) is 19.3 Å². The average molecular weight is 289 g/mol. The molecule has 2 atom stereocenters. The van der Waals surface area contributed by atoms with Gasteiger partial charge in [-0.15, -0.1) is 5.10 Å². The number of unbranched alkanes of at least 4 members (excludes halogenated alkanes) is 1. The molecular formula is C11H21BrN4. The molecule has 0 aromatic carbocycles. The van der Waals surface area contributed by atoms with E-state index in [2.05, 4.69) is 40.1 Å². The minimum absolute atomic E-state index is 0.0194. The molecule has 0 aliphatic rings. The number of nitrogens with zero attached hydrogens (tertiary/aromatic N) is 3. The van der Waals surface area contributed by atoms with Crippen LogP contribution in [-0.2, 0) is 7.05 Å². The number of rotatable bonds is 6. The van der Waals surface area contributed by atoms with E-state index in [9.17, 15) is 0 Å². The molecule has 0 aliphatic heterocycles. The number of aromatic nitrogens is 3. The van der Waals surface area contributed by atoms with Crippen LogP contribution in [0.25, 0.3) is 0 Å². The zero-order valence-corrected chi connectivity index (χ0v) is 11.9. The van der Waals surface area contributed by atoms with Gasteiger partial charge in [-0.3, -0.25) is 0 Å². The van der Waals surface area contributed by atoms with Gasteiger partial charge in [-0.1, -0.05) is 38.3 Å². The van der Waals surface area contributed by atoms with Crippen LogP contribution in [0.4, 0.5) is 0 Å². The van der Waals surface area contributed by atoms with Crippen LogP contribution >= 0.6 is 15.9 Å². The van der Waals surface area contributed by atoms with Crippen LogP contribution in [0.1, 0.15) is 51.3 Å². The third-order valence-corrected chi connectivity index (χ3v) is 3.67. The average Bonchev–Trinajstić information content (AvgIpc) is 2.59. The van der Waals surface area contributed by atoms with E-state index in [0.29, 0.717) is 5.92 Å². The lowest BCUT2D eigenvalue weighted by Crippen LogP contribution is -2.24. The van der Waals surface area contributed by atoms with Crippen molar-refractivity contribution in [3.8, 4) is 0 Å². The maximum absolute atomic E-state index is 6.31. The Hall–Kier alpha value is -0.420. The zero-order valence-electron chi connectivity index (χ0n) is 10.3. The van der Waals surface area contributed by atoms with Crippen LogP contribution in [0.5, 0.6) is 0 Å². The van der Waals surface area contributed by atoms with Crippen molar-refractivity contribution in [3.63, 3.8) is 0 Å². The van der Waals surface area contributed by atoms with E-state index < -0.39 is 0 Å². The summed E-state index contributed by atoms with van der Waals surface area (Å²) in [4.78, 5) is 0. The summed E-state index contributed by atoms with van der Waals surface area (Å²) in [7, 11) is 1.89. The van der Waals surface area contributed by atoms with Crippen LogP contribution in [-0.4, -0.2) is 15.0 Å². The van der Waals surface area contributed by atoms with Gasteiger partial charge in [0.15, 0.2) is 4.60 Å². The molecule has 1 heterocycles. The van der Waals surface area contributed by atoms with Crippen LogP contribution in [0.3, 0.4) is 0 Å². The fourth-order valence-electron chi connectivity index (χ4n) is 2.02. The van der Waals surface area contributed by atoms with E-state index in [1.54, 1.807) is 4.68 Å². The molecule has 0 amide bonds. The first kappa shape index (κ1) is 13.6. The molecule has 2 N–H and O–H groups in total. The van der Waals surface area contributed by atoms with Crippen molar-refractivity contribution in [1.82, 2.24) is 15.0 Å². The van der Waals surface area contributed by atoms with Crippen LogP contribution < -0.4 is 5.73 Å². The van der Waals surface area contributed by atoms with Crippen molar-refractivity contribution >= 4 is 15.9 Å². The van der Waals surface area contributed by atoms with Gasteiger partial charge in [-0.25, -0.2) is 4.68 Å². The number of hydrogen-bond acceptors (Lipinski definition) is 3. The highest BCUT2D eigenvalue weighted by Crippen LogP contribution is 2.29. The molecule has 0 radical (unpaired) electrons. The van der Waals surface area contributed by atoms with Gasteiger partial charge in [0.05, 0.1) is 11.7 Å². The molecule has 92 valence electrons. The summed E-state index contributed by atoms with van der Waals surface area (Å²) in [5, 5.41) is 7.96. The van der Waals surface area contributed by atoms with Crippen LogP contribution in [0, 0.1) is 5.92 Å². The zero-order chi connectivity index (χ0) is 12.1. The van der Waals surface area contributed by atoms with Gasteiger partial charge in [-0.2, -0.15) is 0 Å². The van der Waals surface area contributed by atoms with Crippen molar-refractivity contribution in [2.45, 2.75) is 45.6 Å². The van der Waals surface area contributed by atoms with Gasteiger partial charge in [0.2, 0.25) is 0 Å². The first-order chi connectivity index (χ1) is 7.61. The molecule has 1 rings (SSSR count). The van der Waals surface area contributed by atoms with Gasteiger partial charge in [-0.05, 0) is 28.3 Å². The topological polar surface area (TPSA) is 56.7 Å². The van der Waals surface area contributed by atoms with E-state index in [-0.39, 0.29) is 6.04 Å². The highest BCUT2D eigenvalue weighted by atomic mass is 79.9. The lowest BCUT2D eigenvalue weighted by atomic mass is 9.90. The third-order valence-electron chi connectivity index (χ3n) is 3.10. The standard InChI is InChI=1S/C11H21BrN4/c1-4-6-7-8(5-2)9(13)10-11(12)14-15-16(10)3/h8-9H,4-7,13H2,1-3H3. The summed E-state index contributed by atoms with van der Waals surface area (Å²) in [5.74, 6) is 0.508. The van der Waals surface area contributed by atoms with Crippen molar-refractivity contribution in [1.29, 1.82) is 0 Å². The smallest absolute Gasteiger partial charge is 0.153 e. The summed E-state index contributed by atoms with van der Waals surface area (Å²) < 4.78 is 2.54. The second kappa shape index (κ2) is 6.35. The second-order valence-electron chi connectivity index (χ2n) is 4.23. The molecule has 0 aliphatic carbocycles. The van der Waals surface area contributed by atoms with Gasteiger partial charge in [0.25, 0.3) is 0 Å². The highest BCUT2D eigenvalue weighted by Gasteiger charge is 2.23. The minimum atomic E-state index is 0.0194. The molecule has 4 nitrogen and oxygen atoms in total. The maximum atomic E-state index is 6.31. The number of halogens is 1. The third kappa shape index (κ3) is 3.04. The fourth-order valence-corrected chi connectivity index (χ4v) is 2.61. The largest absolute Gasteiger partial charge is 0.322 e. The van der Waals surface area contributed by atoms with E-state index in [4.69, 9.17) is 5.73 Å². The Kier molecular flexibility index (Phi) is 5.41. The summed E-state index contributed by atoms with van der Waals surface area (Å²) in [6.07, 6.45) is 4.72. The first-order valence-corrected chi connectivity index (χ1v) is 6.71. The van der Waals surface area contributed by atoms with Gasteiger partial charge >= 0.3 is 0 Å². The van der Waals surface area contributed by atoms with E-state index in [0.717, 1.165) is 16.7 Å². The summed E-state index contributed by atoms with van der Waals surface area (Å²) >= 11 is 3.41. The predicted molar refractivity (Wildman–Crippen MR) is 68.9 cm³/mol. The van der Waals surface area contributed by atoms with Crippen LogP contribution in [0.2, 0.25) is 0 Å². The number of nitrogens with two attached hydrogens (primary N) is 1. The van der Waals surface area contributed by atoms with Gasteiger partial charge in [0, 0.05) is 7.05 Å². The Labute approximate surface area is 106 Å². The lowest BCUT2D eigenvalue weighted by Gasteiger charge is -2.22. The molecule has 0 spiro atoms. The molecule has 0 bridgehead atoms. The number of aryl methyl sites for hydroxylation is 1. The van der Waals surface area contributed by atoms with Crippen molar-refractivity contribution < 1.29 is 0 Å². The first-order valence-electron chi connectivity index (χ1n) is 5.92. The van der Waals surface area contributed by atoms with Gasteiger partial charge < -0.3 is 5.73 Å². The predicted octanol–water partition coefficient (Wildman–Crippen LogP) is 2.79. The van der Waals surface area contributed by atoms with E-state index in [1.807, 2.05) is 7.05 Å². The Morgan fingerprint density at radius 2 is 2.12 bits per heavy atom. The molecule has 0 saturated heterocycles. The summed E-state index contributed by atoms with van der Waals surface area (Å²) in [6.45, 7) is 4.40. The molecule has 1 aromatic heterocycles. The molecule has 0 saturated carbocycles. The second-order valence-corrected chi connectivity index (χ2v) is 4.98.